The molecule has 1 saturated heterocycles. The lowest BCUT2D eigenvalue weighted by Gasteiger charge is -2.33. The Morgan fingerprint density at radius 1 is 1.22 bits per heavy atom. The Morgan fingerprint density at radius 3 is 2.61 bits per heavy atom. The van der Waals surface area contributed by atoms with Gasteiger partial charge in [0.1, 0.15) is 6.23 Å². The monoisotopic (exact) mass is 266 g/mol. The van der Waals surface area contributed by atoms with Gasteiger partial charge in [-0.1, -0.05) is 18.2 Å². The molecule has 0 spiro atoms. The number of anilines is 1. The number of para-hydroxylation sites is 1. The molecular weight excluding hydrogens is 248 g/mol. The third-order valence-corrected chi connectivity index (χ3v) is 2.87. The zero-order chi connectivity index (χ0) is 13.0. The van der Waals surface area contributed by atoms with E-state index >= 15 is 0 Å². The Hall–Kier alpha value is -1.17. The Kier molecular flexibility index (Phi) is 4.52. The van der Waals surface area contributed by atoms with Crippen LogP contribution >= 0.6 is 12.2 Å². The van der Waals surface area contributed by atoms with Gasteiger partial charge >= 0.3 is 0 Å². The Labute approximate surface area is 113 Å². The predicted molar refractivity (Wildman–Crippen MR) is 75.3 cm³/mol. The molecule has 0 saturated carbocycles. The Morgan fingerprint density at radius 2 is 1.94 bits per heavy atom. The zero-order valence-corrected chi connectivity index (χ0v) is 11.4. The first-order valence-corrected chi connectivity index (χ1v) is 6.48. The van der Waals surface area contributed by atoms with Crippen LogP contribution in [0.5, 0.6) is 0 Å². The molecule has 0 aliphatic carbocycles. The summed E-state index contributed by atoms with van der Waals surface area (Å²) >= 11 is 5.25. The van der Waals surface area contributed by atoms with Crippen molar-refractivity contribution in [2.24, 2.45) is 0 Å². The number of hydrogen-bond donors (Lipinski definition) is 2. The quantitative estimate of drug-likeness (QED) is 0.805. The second kappa shape index (κ2) is 6.13. The lowest BCUT2D eigenvalue weighted by Crippen LogP contribution is -2.47. The SMILES string of the molecule is C[C@H]1O[C@@H](C)C[C@@H](NC(=S)Nc2ccccc2)O1. The summed E-state index contributed by atoms with van der Waals surface area (Å²) in [6.07, 6.45) is 0.644. The van der Waals surface area contributed by atoms with Crippen LogP contribution in [0.3, 0.4) is 0 Å². The highest BCUT2D eigenvalue weighted by Gasteiger charge is 2.25. The molecule has 0 amide bonds. The second-order valence-corrected chi connectivity index (χ2v) is 4.75. The van der Waals surface area contributed by atoms with Crippen molar-refractivity contribution in [2.45, 2.75) is 38.9 Å². The van der Waals surface area contributed by atoms with Crippen LogP contribution in [0.2, 0.25) is 0 Å². The molecule has 1 aromatic rings. The summed E-state index contributed by atoms with van der Waals surface area (Å²) in [5.41, 5.74) is 0.961. The molecule has 0 unspecified atom stereocenters. The summed E-state index contributed by atoms with van der Waals surface area (Å²) in [6.45, 7) is 3.92. The van der Waals surface area contributed by atoms with E-state index in [1.54, 1.807) is 0 Å². The molecule has 2 N–H and O–H groups in total. The molecular formula is C13H18N2O2S. The van der Waals surface area contributed by atoms with Gasteiger partial charge in [-0.15, -0.1) is 0 Å². The fourth-order valence-electron chi connectivity index (χ4n) is 1.93. The van der Waals surface area contributed by atoms with E-state index in [2.05, 4.69) is 10.6 Å². The summed E-state index contributed by atoms with van der Waals surface area (Å²) in [5, 5.41) is 6.83. The van der Waals surface area contributed by atoms with Gasteiger partial charge in [-0.3, -0.25) is 0 Å². The van der Waals surface area contributed by atoms with Crippen LogP contribution in [-0.4, -0.2) is 23.7 Å². The summed E-state index contributed by atoms with van der Waals surface area (Å²) in [7, 11) is 0. The average molecular weight is 266 g/mol. The molecule has 1 aliphatic rings. The van der Waals surface area contributed by atoms with Crippen LogP contribution in [0.4, 0.5) is 5.69 Å². The van der Waals surface area contributed by atoms with Crippen molar-refractivity contribution in [1.82, 2.24) is 5.32 Å². The first-order valence-electron chi connectivity index (χ1n) is 6.07. The van der Waals surface area contributed by atoms with E-state index < -0.39 is 0 Å². The third-order valence-electron chi connectivity index (χ3n) is 2.65. The molecule has 98 valence electrons. The van der Waals surface area contributed by atoms with Gasteiger partial charge in [0.05, 0.1) is 6.10 Å². The Balaban J connectivity index is 1.84. The molecule has 1 aromatic carbocycles. The molecule has 0 bridgehead atoms. The highest BCUT2D eigenvalue weighted by molar-refractivity contribution is 7.80. The number of nitrogens with one attached hydrogen (secondary N) is 2. The van der Waals surface area contributed by atoms with E-state index in [9.17, 15) is 0 Å². The summed E-state index contributed by atoms with van der Waals surface area (Å²) in [6, 6.07) is 9.81. The first-order chi connectivity index (χ1) is 8.63. The van der Waals surface area contributed by atoms with Crippen molar-refractivity contribution in [1.29, 1.82) is 0 Å². The number of benzene rings is 1. The number of hydrogen-bond acceptors (Lipinski definition) is 3. The lowest BCUT2D eigenvalue weighted by atomic mass is 10.2. The van der Waals surface area contributed by atoms with Gasteiger partial charge < -0.3 is 20.1 Å². The van der Waals surface area contributed by atoms with Gasteiger partial charge in [-0.2, -0.15) is 0 Å². The molecule has 1 fully saturated rings. The van der Waals surface area contributed by atoms with Crippen LogP contribution in [0.1, 0.15) is 20.3 Å². The van der Waals surface area contributed by atoms with Gasteiger partial charge in [0.25, 0.3) is 0 Å². The molecule has 3 atom stereocenters. The maximum Gasteiger partial charge on any atom is 0.172 e. The van der Waals surface area contributed by atoms with Gasteiger partial charge in [0.15, 0.2) is 11.4 Å². The summed E-state index contributed by atoms with van der Waals surface area (Å²) < 4.78 is 11.1. The van der Waals surface area contributed by atoms with Crippen molar-refractivity contribution in [2.75, 3.05) is 5.32 Å². The minimum atomic E-state index is -0.203. The number of ether oxygens (including phenoxy) is 2. The van der Waals surface area contributed by atoms with Crippen molar-refractivity contribution >= 4 is 23.0 Å². The molecule has 1 heterocycles. The number of rotatable bonds is 2. The van der Waals surface area contributed by atoms with Gasteiger partial charge in [0.2, 0.25) is 0 Å². The molecule has 5 heteroatoms. The molecule has 0 radical (unpaired) electrons. The highest BCUT2D eigenvalue weighted by atomic mass is 32.1. The van der Waals surface area contributed by atoms with E-state index in [1.807, 2.05) is 44.2 Å². The van der Waals surface area contributed by atoms with Gasteiger partial charge in [0, 0.05) is 12.1 Å². The predicted octanol–water partition coefficient (Wildman–Crippen LogP) is 2.47. The topological polar surface area (TPSA) is 42.5 Å². The van der Waals surface area contributed by atoms with Crippen molar-refractivity contribution < 1.29 is 9.47 Å². The van der Waals surface area contributed by atoms with Crippen molar-refractivity contribution in [3.63, 3.8) is 0 Å². The van der Waals surface area contributed by atoms with E-state index in [0.29, 0.717) is 5.11 Å². The van der Waals surface area contributed by atoms with E-state index in [-0.39, 0.29) is 18.6 Å². The van der Waals surface area contributed by atoms with Crippen LogP contribution in [0, 0.1) is 0 Å². The van der Waals surface area contributed by atoms with Crippen molar-refractivity contribution in [3.8, 4) is 0 Å². The van der Waals surface area contributed by atoms with Gasteiger partial charge in [-0.05, 0) is 38.2 Å². The molecule has 0 aromatic heterocycles. The molecule has 4 nitrogen and oxygen atoms in total. The largest absolute Gasteiger partial charge is 0.350 e. The second-order valence-electron chi connectivity index (χ2n) is 4.34. The first kappa shape index (κ1) is 13.3. The number of thiocarbonyl (C=S) groups is 1. The van der Waals surface area contributed by atoms with E-state index in [1.165, 1.54) is 0 Å². The van der Waals surface area contributed by atoms with Crippen LogP contribution in [0.15, 0.2) is 30.3 Å². The van der Waals surface area contributed by atoms with Gasteiger partial charge in [-0.25, -0.2) is 0 Å². The summed E-state index contributed by atoms with van der Waals surface area (Å²) in [5.74, 6) is 0. The fourth-order valence-corrected chi connectivity index (χ4v) is 2.18. The third kappa shape index (κ3) is 3.94. The lowest BCUT2D eigenvalue weighted by molar-refractivity contribution is -0.232. The highest BCUT2D eigenvalue weighted by Crippen LogP contribution is 2.16. The van der Waals surface area contributed by atoms with E-state index in [0.717, 1.165) is 12.1 Å². The van der Waals surface area contributed by atoms with Crippen LogP contribution < -0.4 is 10.6 Å². The average Bonchev–Trinajstić information content (AvgIpc) is 2.28. The Bertz CT molecular complexity index is 389. The standard InChI is InChI=1S/C13H18N2O2S/c1-9-8-12(17-10(2)16-9)15-13(18)14-11-6-4-3-5-7-11/h3-7,9-10,12H,8H2,1-2H3,(H2,14,15,18)/t9-,10-,12-/m0/s1. The molecule has 1 aliphatic heterocycles. The minimum absolute atomic E-state index is 0.104. The van der Waals surface area contributed by atoms with Crippen LogP contribution in [-0.2, 0) is 9.47 Å². The van der Waals surface area contributed by atoms with Crippen molar-refractivity contribution in [3.05, 3.63) is 30.3 Å². The normalized spacial score (nSPS) is 27.6. The summed E-state index contributed by atoms with van der Waals surface area (Å²) in [4.78, 5) is 0. The minimum Gasteiger partial charge on any atom is -0.350 e. The molecule has 2 rings (SSSR count). The maximum atomic E-state index is 5.60. The maximum absolute atomic E-state index is 5.60. The smallest absolute Gasteiger partial charge is 0.172 e. The van der Waals surface area contributed by atoms with Crippen LogP contribution in [0.25, 0.3) is 0 Å². The van der Waals surface area contributed by atoms with E-state index in [4.69, 9.17) is 21.7 Å². The molecule has 18 heavy (non-hydrogen) atoms. The fraction of sp³-hybridized carbons (Fsp3) is 0.462. The zero-order valence-electron chi connectivity index (χ0n) is 10.6.